The summed E-state index contributed by atoms with van der Waals surface area (Å²) in [5.74, 6) is 0. The second-order valence-electron chi connectivity index (χ2n) is 36.4. The van der Waals surface area contributed by atoms with Gasteiger partial charge in [-0.25, -0.2) is 4.98 Å². The summed E-state index contributed by atoms with van der Waals surface area (Å²) in [4.78, 5) is 6.30. The van der Waals surface area contributed by atoms with Gasteiger partial charge >= 0.3 is 0 Å². The molecule has 19 rings (SSSR count). The number of fused-ring (bicyclic) bond motifs is 20. The van der Waals surface area contributed by atoms with Crippen molar-refractivity contribution in [3.63, 3.8) is 0 Å². The van der Waals surface area contributed by atoms with E-state index in [0.29, 0.717) is 0 Å². The molecule has 0 unspecified atom stereocenters. The van der Waals surface area contributed by atoms with Crippen LogP contribution in [0.5, 0.6) is 0 Å². The van der Waals surface area contributed by atoms with Crippen molar-refractivity contribution in [2.45, 2.75) is 194 Å². The topological polar surface area (TPSA) is 22.8 Å². The van der Waals surface area contributed by atoms with Crippen LogP contribution in [-0.4, -0.2) is 20.8 Å². The number of aryl methyl sites for hydroxylation is 1. The molecule has 5 heterocycles. The first kappa shape index (κ1) is 61.1. The normalized spacial score (nSPS) is 17.6. The maximum absolute atomic E-state index is 6.30. The quantitative estimate of drug-likeness (QED) is 0.127. The zero-order chi connectivity index (χ0) is 68.3. The highest BCUT2D eigenvalue weighted by atomic mass is 15.0. The molecule has 0 spiro atoms. The number of benzene rings is 11. The Morgan fingerprint density at radius 1 is 0.374 bits per heavy atom. The number of hydrogen-bond acceptors (Lipinski definition) is 1. The maximum Gasteiger partial charge on any atom is 0.252 e. The van der Waals surface area contributed by atoms with Crippen molar-refractivity contribution >= 4 is 99.0 Å². The third-order valence-electron chi connectivity index (χ3n) is 25.8. The van der Waals surface area contributed by atoms with E-state index in [-0.39, 0.29) is 44.6 Å². The molecule has 2 aliphatic heterocycles. The average Bonchev–Trinajstić information content (AvgIpc) is 1.54. The van der Waals surface area contributed by atoms with Crippen LogP contribution in [0.2, 0.25) is 0 Å². The summed E-state index contributed by atoms with van der Waals surface area (Å²) in [5, 5.41) is 13.1. The van der Waals surface area contributed by atoms with Gasteiger partial charge in [-0.1, -0.05) is 238 Å². The van der Waals surface area contributed by atoms with Gasteiger partial charge < -0.3 is 9.13 Å². The Kier molecular flexibility index (Phi) is 12.4. The van der Waals surface area contributed by atoms with Gasteiger partial charge in [0.15, 0.2) is 0 Å². The number of pyridine rings is 1. The fourth-order valence-electron chi connectivity index (χ4n) is 19.9. The minimum absolute atomic E-state index is 0.0170. The smallest absolute Gasteiger partial charge is 0.252 e. The van der Waals surface area contributed by atoms with Crippen molar-refractivity contribution in [2.75, 3.05) is 0 Å². The van der Waals surface area contributed by atoms with Crippen molar-refractivity contribution in [1.82, 2.24) is 14.1 Å². The van der Waals surface area contributed by atoms with Crippen LogP contribution < -0.4 is 16.4 Å². The van der Waals surface area contributed by atoms with Gasteiger partial charge in [0.05, 0.1) is 22.4 Å². The number of rotatable bonds is 4. The summed E-state index contributed by atoms with van der Waals surface area (Å²) in [6, 6.07) is 73.6. The predicted molar refractivity (Wildman–Crippen MR) is 426 cm³/mol. The van der Waals surface area contributed by atoms with Gasteiger partial charge in [-0.05, 0) is 242 Å². The van der Waals surface area contributed by atoms with Crippen LogP contribution in [0, 0.1) is 0 Å². The summed E-state index contributed by atoms with van der Waals surface area (Å²) in [5.41, 5.74) is 32.5. The molecule has 5 aliphatic rings. The molecule has 0 amide bonds. The van der Waals surface area contributed by atoms with Crippen LogP contribution in [0.15, 0.2) is 182 Å². The van der Waals surface area contributed by atoms with Crippen LogP contribution in [0.1, 0.15) is 194 Å². The minimum Gasteiger partial charge on any atom is -0.310 e. The van der Waals surface area contributed by atoms with Gasteiger partial charge in [0, 0.05) is 66.0 Å². The molecule has 0 radical (unpaired) electrons. The van der Waals surface area contributed by atoms with Crippen molar-refractivity contribution in [3.8, 4) is 56.1 Å². The van der Waals surface area contributed by atoms with Gasteiger partial charge in [0.25, 0.3) is 6.71 Å². The number of hydrogen-bond donors (Lipinski definition) is 0. The van der Waals surface area contributed by atoms with Gasteiger partial charge in [0.1, 0.15) is 0 Å². The standard InChI is InChI=1S/C95H92BN3/c1-89(2,3)59-33-38-78-68(50-59)69-51-60(90(4,5)6)52-76-88(69)98(78)80-48-58(49-81-85(80)96(76)75-29-21-28-66-84-79(99(81)87(66)75)39-34-65-63-26-18-17-24-61(63)62-25-19-20-27-64(62)83(65)84)82-67(54-30-36-71-73(46-54)94(13,14)43-41-92(71,9)10)53-77(56-31-37-72-74(47-56)95(15,16)44-42-93(72,11)12)97-86(82)57-32-35-70-55(45-57)23-22-40-91(70,7)8/h17-21,24-39,45-53H,22-23,40-44H2,1-16H3. The highest BCUT2D eigenvalue weighted by Gasteiger charge is 2.45. The van der Waals surface area contributed by atoms with E-state index in [9.17, 15) is 0 Å². The molecule has 0 saturated carbocycles. The number of para-hydroxylation sites is 1. The van der Waals surface area contributed by atoms with Crippen LogP contribution in [0.4, 0.5) is 0 Å². The minimum atomic E-state index is -0.113. The molecule has 3 aromatic heterocycles. The first-order chi connectivity index (χ1) is 47.1. The second kappa shape index (κ2) is 20.1. The van der Waals surface area contributed by atoms with Gasteiger partial charge in [0.2, 0.25) is 0 Å². The molecule has 0 saturated heterocycles. The molecular weight excluding hydrogens is 1190 g/mol. The van der Waals surface area contributed by atoms with E-state index < -0.39 is 0 Å². The molecule has 0 fully saturated rings. The van der Waals surface area contributed by atoms with E-state index in [0.717, 1.165) is 37.1 Å². The Hall–Kier alpha value is -8.99. The molecule has 99 heavy (non-hydrogen) atoms. The monoisotopic (exact) mass is 1290 g/mol. The molecule has 490 valence electrons. The van der Waals surface area contributed by atoms with Gasteiger partial charge in [-0.2, -0.15) is 0 Å². The van der Waals surface area contributed by atoms with Crippen molar-refractivity contribution in [1.29, 1.82) is 0 Å². The second-order valence-corrected chi connectivity index (χ2v) is 36.4. The van der Waals surface area contributed by atoms with E-state index in [4.69, 9.17) is 4.98 Å². The first-order valence-electron chi connectivity index (χ1n) is 37.2. The third kappa shape index (κ3) is 8.66. The molecule has 3 nitrogen and oxygen atoms in total. The number of aromatic nitrogens is 3. The molecule has 11 aromatic carbocycles. The fraction of sp³-hybridized carbons (Fsp3) is 0.316. The van der Waals surface area contributed by atoms with Gasteiger partial charge in [-0.3, -0.25) is 0 Å². The van der Waals surface area contributed by atoms with E-state index in [1.165, 1.54) is 201 Å². The maximum atomic E-state index is 6.30. The fourth-order valence-corrected chi connectivity index (χ4v) is 19.9. The zero-order valence-electron chi connectivity index (χ0n) is 61.2. The van der Waals surface area contributed by atoms with Crippen LogP contribution in [0.25, 0.3) is 132 Å². The lowest BCUT2D eigenvalue weighted by Gasteiger charge is -2.42. The van der Waals surface area contributed by atoms with Gasteiger partial charge in [-0.15, -0.1) is 0 Å². The van der Waals surface area contributed by atoms with E-state index in [2.05, 4.69) is 302 Å². The van der Waals surface area contributed by atoms with Crippen LogP contribution in [-0.2, 0) is 44.3 Å². The Bertz CT molecular complexity index is 5920. The lowest BCUT2D eigenvalue weighted by Crippen LogP contribution is -2.59. The van der Waals surface area contributed by atoms with Crippen molar-refractivity contribution in [2.24, 2.45) is 0 Å². The van der Waals surface area contributed by atoms with Crippen LogP contribution >= 0.6 is 0 Å². The van der Waals surface area contributed by atoms with E-state index >= 15 is 0 Å². The molecular formula is C95H92BN3. The molecule has 3 aliphatic carbocycles. The Morgan fingerprint density at radius 3 is 1.56 bits per heavy atom. The highest BCUT2D eigenvalue weighted by Crippen LogP contribution is 2.54. The summed E-state index contributed by atoms with van der Waals surface area (Å²) in [7, 11) is 0. The Labute approximate surface area is 585 Å². The van der Waals surface area contributed by atoms with Crippen molar-refractivity contribution in [3.05, 3.63) is 226 Å². The summed E-state index contributed by atoms with van der Waals surface area (Å²) in [6.45, 7) is 38.9. The Morgan fingerprint density at radius 2 is 0.899 bits per heavy atom. The predicted octanol–water partition coefficient (Wildman–Crippen LogP) is 23.5. The Balaban J connectivity index is 1.01. The molecule has 14 aromatic rings. The largest absolute Gasteiger partial charge is 0.310 e. The first-order valence-corrected chi connectivity index (χ1v) is 37.2. The summed E-state index contributed by atoms with van der Waals surface area (Å²) in [6.07, 6.45) is 8.03. The van der Waals surface area contributed by atoms with Crippen molar-refractivity contribution < 1.29 is 0 Å². The number of nitrogens with zero attached hydrogens (tertiary/aromatic N) is 3. The zero-order valence-corrected chi connectivity index (χ0v) is 61.2. The lowest BCUT2D eigenvalue weighted by atomic mass is 9.34. The SMILES string of the molecule is CC(C)(C)c1ccc2c(c1)c1cc(C(C)(C)C)cc3c1n2-c1cc(-c2c(-c4ccc5c(c4)C(C)(C)CCC5(C)C)cc(-c4ccc5c(c4)C(C)(C)CCC5(C)C)nc2-c2ccc4c(c2)CCCC4(C)C)cc2c1B3c1cccc3c4c5c6ccccc6c6ccccc6c5ccc4n-2c13. The average molecular weight is 1290 g/mol. The molecule has 0 bridgehead atoms. The van der Waals surface area contributed by atoms with Crippen LogP contribution in [0.3, 0.4) is 0 Å². The lowest BCUT2D eigenvalue weighted by molar-refractivity contribution is 0.332. The highest BCUT2D eigenvalue weighted by molar-refractivity contribution is 7.00. The molecule has 0 atom stereocenters. The van der Waals surface area contributed by atoms with E-state index in [1.54, 1.807) is 0 Å². The molecule has 0 N–H and O–H groups in total. The summed E-state index contributed by atoms with van der Waals surface area (Å²) >= 11 is 0. The van der Waals surface area contributed by atoms with E-state index in [1.807, 2.05) is 0 Å². The third-order valence-corrected chi connectivity index (χ3v) is 25.8. The molecule has 4 heteroatoms. The summed E-state index contributed by atoms with van der Waals surface area (Å²) < 4.78 is 5.47.